The van der Waals surface area contributed by atoms with E-state index in [0.29, 0.717) is 6.42 Å². The van der Waals surface area contributed by atoms with Crippen LogP contribution in [0.15, 0.2) is 47.3 Å². The van der Waals surface area contributed by atoms with Crippen molar-refractivity contribution in [2.24, 2.45) is 0 Å². The number of rotatable bonds is 5. The zero-order valence-electron chi connectivity index (χ0n) is 12.2. The predicted molar refractivity (Wildman–Crippen MR) is 89.9 cm³/mol. The lowest BCUT2D eigenvalue weighted by atomic mass is 9.99. The summed E-state index contributed by atoms with van der Waals surface area (Å²) in [4.78, 5) is 4.43. The van der Waals surface area contributed by atoms with Crippen LogP contribution in [0.1, 0.15) is 23.6 Å². The maximum absolute atomic E-state index is 9.41. The van der Waals surface area contributed by atoms with Crippen LogP contribution in [0.2, 0.25) is 0 Å². The Kier molecular flexibility index (Phi) is 4.40. The standard InChI is InChI=1S/C16H17BrN4O/c1-11-4-2-3-5-12(11)14(6-9-22)20-16-15-13(17)10-19-21(15)8-7-18-16/h2-5,7-8,10,14,22H,6,9H2,1H3,(H,18,20). The minimum atomic E-state index is -0.00769. The molecule has 1 atom stereocenters. The van der Waals surface area contributed by atoms with E-state index >= 15 is 0 Å². The molecule has 3 rings (SSSR count). The molecule has 114 valence electrons. The van der Waals surface area contributed by atoms with Crippen molar-refractivity contribution in [3.63, 3.8) is 0 Å². The Bertz CT molecular complexity index is 787. The number of nitrogens with zero attached hydrogens (tertiary/aromatic N) is 3. The van der Waals surface area contributed by atoms with Crippen LogP contribution in [0.4, 0.5) is 5.82 Å². The molecular weight excluding hydrogens is 344 g/mol. The van der Waals surface area contributed by atoms with Gasteiger partial charge in [0.15, 0.2) is 5.82 Å². The van der Waals surface area contributed by atoms with Gasteiger partial charge in [0, 0.05) is 19.0 Å². The molecule has 0 aliphatic rings. The van der Waals surface area contributed by atoms with Gasteiger partial charge in [-0.2, -0.15) is 5.10 Å². The number of nitrogens with one attached hydrogen (secondary N) is 1. The van der Waals surface area contributed by atoms with E-state index in [2.05, 4.69) is 50.4 Å². The number of fused-ring (bicyclic) bond motifs is 1. The Labute approximate surface area is 137 Å². The molecule has 0 spiro atoms. The van der Waals surface area contributed by atoms with E-state index in [9.17, 15) is 5.11 Å². The predicted octanol–water partition coefficient (Wildman–Crippen LogP) is 3.34. The van der Waals surface area contributed by atoms with Crippen LogP contribution < -0.4 is 5.32 Å². The number of aliphatic hydroxyl groups is 1. The summed E-state index contributed by atoms with van der Waals surface area (Å²) < 4.78 is 2.66. The average molecular weight is 361 g/mol. The van der Waals surface area contributed by atoms with Crippen LogP contribution in [0.25, 0.3) is 5.52 Å². The summed E-state index contributed by atoms with van der Waals surface area (Å²) in [5.74, 6) is 0.744. The third-order valence-electron chi connectivity index (χ3n) is 3.68. The number of benzene rings is 1. The molecule has 0 aliphatic carbocycles. The number of hydrogen-bond acceptors (Lipinski definition) is 4. The van der Waals surface area contributed by atoms with Crippen molar-refractivity contribution in [1.29, 1.82) is 0 Å². The topological polar surface area (TPSA) is 62.5 Å². The number of aliphatic hydroxyl groups excluding tert-OH is 1. The van der Waals surface area contributed by atoms with Crippen LogP contribution >= 0.6 is 15.9 Å². The summed E-state index contributed by atoms with van der Waals surface area (Å²) in [5, 5.41) is 17.1. The number of hydrogen-bond donors (Lipinski definition) is 2. The molecule has 0 aliphatic heterocycles. The smallest absolute Gasteiger partial charge is 0.153 e. The molecule has 0 bridgehead atoms. The fourth-order valence-corrected chi connectivity index (χ4v) is 3.05. The molecule has 2 aromatic heterocycles. The average Bonchev–Trinajstić information content (AvgIpc) is 2.90. The summed E-state index contributed by atoms with van der Waals surface area (Å²) in [6.07, 6.45) is 5.87. The number of aryl methyl sites for hydroxylation is 1. The number of anilines is 1. The maximum atomic E-state index is 9.41. The Hall–Kier alpha value is -1.92. The van der Waals surface area contributed by atoms with Crippen molar-refractivity contribution >= 4 is 27.3 Å². The van der Waals surface area contributed by atoms with Gasteiger partial charge in [-0.25, -0.2) is 9.50 Å². The van der Waals surface area contributed by atoms with Gasteiger partial charge in [0.25, 0.3) is 0 Å². The highest BCUT2D eigenvalue weighted by Gasteiger charge is 2.16. The van der Waals surface area contributed by atoms with Gasteiger partial charge in [0.2, 0.25) is 0 Å². The fourth-order valence-electron chi connectivity index (χ4n) is 2.59. The summed E-state index contributed by atoms with van der Waals surface area (Å²) in [7, 11) is 0. The molecule has 3 aromatic rings. The zero-order valence-corrected chi connectivity index (χ0v) is 13.8. The Morgan fingerprint density at radius 3 is 2.95 bits per heavy atom. The van der Waals surface area contributed by atoms with E-state index in [1.54, 1.807) is 23.1 Å². The molecular formula is C16H17BrN4O. The fraction of sp³-hybridized carbons (Fsp3) is 0.250. The zero-order chi connectivity index (χ0) is 15.5. The van der Waals surface area contributed by atoms with Gasteiger partial charge < -0.3 is 10.4 Å². The molecule has 0 amide bonds. The summed E-state index contributed by atoms with van der Waals surface area (Å²) >= 11 is 3.50. The van der Waals surface area contributed by atoms with Gasteiger partial charge in [-0.1, -0.05) is 24.3 Å². The van der Waals surface area contributed by atoms with Crippen LogP contribution in [0.5, 0.6) is 0 Å². The van der Waals surface area contributed by atoms with E-state index in [1.807, 2.05) is 12.1 Å². The molecule has 2 N–H and O–H groups in total. The second kappa shape index (κ2) is 6.46. The largest absolute Gasteiger partial charge is 0.396 e. The minimum Gasteiger partial charge on any atom is -0.396 e. The molecule has 2 heterocycles. The maximum Gasteiger partial charge on any atom is 0.153 e. The highest BCUT2D eigenvalue weighted by molar-refractivity contribution is 9.10. The molecule has 0 radical (unpaired) electrons. The van der Waals surface area contributed by atoms with E-state index in [0.717, 1.165) is 21.4 Å². The van der Waals surface area contributed by atoms with Crippen LogP contribution in [0.3, 0.4) is 0 Å². The Balaban J connectivity index is 2.00. The normalized spacial score (nSPS) is 12.5. The highest BCUT2D eigenvalue weighted by atomic mass is 79.9. The van der Waals surface area contributed by atoms with Crippen molar-refractivity contribution in [1.82, 2.24) is 14.6 Å². The molecule has 6 heteroatoms. The lowest BCUT2D eigenvalue weighted by molar-refractivity contribution is 0.280. The van der Waals surface area contributed by atoms with Gasteiger partial charge in [-0.3, -0.25) is 0 Å². The van der Waals surface area contributed by atoms with Crippen molar-refractivity contribution in [2.75, 3.05) is 11.9 Å². The first-order valence-electron chi connectivity index (χ1n) is 7.11. The third kappa shape index (κ3) is 2.84. The second-order valence-corrected chi connectivity index (χ2v) is 5.98. The van der Waals surface area contributed by atoms with Gasteiger partial charge in [-0.05, 0) is 40.4 Å². The monoisotopic (exact) mass is 360 g/mol. The van der Waals surface area contributed by atoms with E-state index in [1.165, 1.54) is 5.56 Å². The van der Waals surface area contributed by atoms with Gasteiger partial charge >= 0.3 is 0 Å². The number of halogens is 1. The van der Waals surface area contributed by atoms with Crippen LogP contribution in [0, 0.1) is 6.92 Å². The van der Waals surface area contributed by atoms with E-state index in [4.69, 9.17) is 0 Å². The van der Waals surface area contributed by atoms with Crippen molar-refractivity contribution in [3.8, 4) is 0 Å². The molecule has 1 aromatic carbocycles. The van der Waals surface area contributed by atoms with Gasteiger partial charge in [-0.15, -0.1) is 0 Å². The lowest BCUT2D eigenvalue weighted by Gasteiger charge is -2.21. The Morgan fingerprint density at radius 2 is 2.18 bits per heavy atom. The van der Waals surface area contributed by atoms with Crippen molar-refractivity contribution in [3.05, 3.63) is 58.5 Å². The molecule has 5 nitrogen and oxygen atoms in total. The molecule has 0 saturated carbocycles. The van der Waals surface area contributed by atoms with Crippen molar-refractivity contribution in [2.45, 2.75) is 19.4 Å². The number of aromatic nitrogens is 3. The molecule has 1 unspecified atom stereocenters. The molecule has 0 fully saturated rings. The Morgan fingerprint density at radius 1 is 1.36 bits per heavy atom. The lowest BCUT2D eigenvalue weighted by Crippen LogP contribution is -2.15. The first kappa shape index (κ1) is 15.0. The highest BCUT2D eigenvalue weighted by Crippen LogP contribution is 2.29. The molecule has 0 saturated heterocycles. The SMILES string of the molecule is Cc1ccccc1C(CCO)Nc1nccn2ncc(Br)c12. The second-order valence-electron chi connectivity index (χ2n) is 5.13. The van der Waals surface area contributed by atoms with Crippen LogP contribution in [-0.2, 0) is 0 Å². The van der Waals surface area contributed by atoms with Gasteiger partial charge in [0.1, 0.15) is 5.52 Å². The quantitative estimate of drug-likeness (QED) is 0.732. The summed E-state index contributed by atoms with van der Waals surface area (Å²) in [6, 6.07) is 8.17. The van der Waals surface area contributed by atoms with Crippen molar-refractivity contribution < 1.29 is 5.11 Å². The summed E-state index contributed by atoms with van der Waals surface area (Å²) in [5.41, 5.74) is 3.24. The first-order chi connectivity index (χ1) is 10.7. The van der Waals surface area contributed by atoms with Crippen LogP contribution in [-0.4, -0.2) is 26.3 Å². The summed E-state index contributed by atoms with van der Waals surface area (Å²) in [6.45, 7) is 2.18. The first-order valence-corrected chi connectivity index (χ1v) is 7.90. The molecule has 22 heavy (non-hydrogen) atoms. The van der Waals surface area contributed by atoms with E-state index in [-0.39, 0.29) is 12.6 Å². The van der Waals surface area contributed by atoms with Gasteiger partial charge in [0.05, 0.1) is 16.7 Å². The van der Waals surface area contributed by atoms with E-state index < -0.39 is 0 Å². The minimum absolute atomic E-state index is 0.00769. The third-order valence-corrected chi connectivity index (χ3v) is 4.26.